The van der Waals surface area contributed by atoms with Crippen LogP contribution in [0.3, 0.4) is 0 Å². The van der Waals surface area contributed by atoms with Crippen molar-refractivity contribution in [2.75, 3.05) is 16.3 Å². The molecule has 0 saturated carbocycles. The summed E-state index contributed by atoms with van der Waals surface area (Å²) in [7, 11) is 0. The molecule has 2 amide bonds. The number of para-hydroxylation sites is 2. The minimum atomic E-state index is -1.86. The standard InChI is InChI=1S/C30H19FN4O4S2/c1-2-15-34-21-13-7-5-11-19(21)30(27(34)38)23-24(36)18-10-4-8-14-22(18)39-25(23)26(37)35(30)28-32-33-29(41-28)40-16-17-9-3-6-12-20(17)31/h2-14H,1,15-16H2. The van der Waals surface area contributed by atoms with E-state index in [-0.39, 0.29) is 39.8 Å². The number of hydrogen-bond acceptors (Lipinski definition) is 8. The van der Waals surface area contributed by atoms with Crippen LogP contribution in [0.2, 0.25) is 0 Å². The van der Waals surface area contributed by atoms with E-state index in [0.29, 0.717) is 26.9 Å². The van der Waals surface area contributed by atoms with Gasteiger partial charge in [-0.25, -0.2) is 4.39 Å². The molecule has 41 heavy (non-hydrogen) atoms. The van der Waals surface area contributed by atoms with Gasteiger partial charge in [0, 0.05) is 17.9 Å². The summed E-state index contributed by atoms with van der Waals surface area (Å²) in [6, 6.07) is 20.1. The van der Waals surface area contributed by atoms with Crippen LogP contribution in [0.4, 0.5) is 15.2 Å². The van der Waals surface area contributed by atoms with Gasteiger partial charge >= 0.3 is 0 Å². The molecule has 2 aliphatic rings. The molecule has 4 heterocycles. The Hall–Kier alpha value is -4.61. The van der Waals surface area contributed by atoms with Crippen molar-refractivity contribution >= 4 is 56.7 Å². The van der Waals surface area contributed by atoms with Gasteiger partial charge in [0.05, 0.1) is 16.6 Å². The Morgan fingerprint density at radius 2 is 1.76 bits per heavy atom. The molecule has 1 atom stereocenters. The van der Waals surface area contributed by atoms with Gasteiger partial charge in [0.25, 0.3) is 11.8 Å². The molecule has 5 aromatic rings. The van der Waals surface area contributed by atoms with Gasteiger partial charge in [-0.05, 0) is 29.8 Å². The number of hydrogen-bond donors (Lipinski definition) is 0. The fourth-order valence-electron chi connectivity index (χ4n) is 5.53. The number of fused-ring (bicyclic) bond motifs is 5. The topological polar surface area (TPSA) is 96.6 Å². The Morgan fingerprint density at radius 1 is 1.00 bits per heavy atom. The number of thioether (sulfide) groups is 1. The zero-order valence-corrected chi connectivity index (χ0v) is 22.9. The van der Waals surface area contributed by atoms with Gasteiger partial charge in [0.2, 0.25) is 10.9 Å². The molecule has 3 aromatic carbocycles. The van der Waals surface area contributed by atoms with E-state index >= 15 is 0 Å². The first kappa shape index (κ1) is 25.4. The molecule has 7 rings (SSSR count). The van der Waals surface area contributed by atoms with E-state index in [2.05, 4.69) is 16.8 Å². The van der Waals surface area contributed by atoms with Crippen molar-refractivity contribution in [3.63, 3.8) is 0 Å². The molecule has 1 unspecified atom stereocenters. The number of nitrogens with zero attached hydrogens (tertiary/aromatic N) is 4. The van der Waals surface area contributed by atoms with E-state index in [1.54, 1.807) is 72.8 Å². The van der Waals surface area contributed by atoms with Crippen molar-refractivity contribution in [3.05, 3.63) is 124 Å². The fraction of sp³-hybridized carbons (Fsp3) is 0.100. The zero-order valence-electron chi connectivity index (χ0n) is 21.2. The summed E-state index contributed by atoms with van der Waals surface area (Å²) < 4.78 is 20.7. The summed E-state index contributed by atoms with van der Waals surface area (Å²) in [4.78, 5) is 45.6. The fourth-order valence-corrected chi connectivity index (χ4v) is 7.40. The molecule has 2 aromatic heterocycles. The van der Waals surface area contributed by atoms with Crippen molar-refractivity contribution < 1.29 is 18.4 Å². The van der Waals surface area contributed by atoms with Gasteiger partial charge in [-0.1, -0.05) is 77.7 Å². The molecule has 2 aliphatic heterocycles. The SMILES string of the molecule is C=CCN1C(=O)C2(c3ccccc31)c1c(oc3ccccc3c1=O)C(=O)N2c1nnc(SCc2ccccc2F)s1. The second-order valence-electron chi connectivity index (χ2n) is 9.43. The highest BCUT2D eigenvalue weighted by Gasteiger charge is 2.66. The van der Waals surface area contributed by atoms with Crippen molar-refractivity contribution in [2.24, 2.45) is 0 Å². The molecular formula is C30H19FN4O4S2. The second kappa shape index (κ2) is 9.50. The van der Waals surface area contributed by atoms with Gasteiger partial charge in [0.15, 0.2) is 15.3 Å². The van der Waals surface area contributed by atoms with E-state index in [1.807, 2.05) is 0 Å². The number of carbonyl (C=O) groups excluding carboxylic acids is 2. The van der Waals surface area contributed by atoms with Crippen LogP contribution in [0.15, 0.2) is 99.0 Å². The van der Waals surface area contributed by atoms with E-state index in [9.17, 15) is 18.8 Å². The van der Waals surface area contributed by atoms with Crippen LogP contribution in [-0.4, -0.2) is 28.6 Å². The maximum atomic E-state index is 14.5. The summed E-state index contributed by atoms with van der Waals surface area (Å²) in [6.07, 6.45) is 1.58. The van der Waals surface area contributed by atoms with Gasteiger partial charge in [0.1, 0.15) is 11.4 Å². The maximum absolute atomic E-state index is 14.5. The Balaban J connectivity index is 1.43. The van der Waals surface area contributed by atoms with Crippen molar-refractivity contribution in [1.82, 2.24) is 10.2 Å². The van der Waals surface area contributed by atoms with E-state index < -0.39 is 22.8 Å². The van der Waals surface area contributed by atoms with Gasteiger partial charge in [-0.3, -0.25) is 19.3 Å². The highest BCUT2D eigenvalue weighted by Crippen LogP contribution is 2.54. The third-order valence-corrected chi connectivity index (χ3v) is 9.33. The number of rotatable bonds is 6. The number of anilines is 2. The van der Waals surface area contributed by atoms with E-state index in [4.69, 9.17) is 4.42 Å². The van der Waals surface area contributed by atoms with Crippen LogP contribution in [0.25, 0.3) is 11.0 Å². The predicted molar refractivity (Wildman–Crippen MR) is 155 cm³/mol. The van der Waals surface area contributed by atoms with Gasteiger partial charge in [-0.15, -0.1) is 16.8 Å². The van der Waals surface area contributed by atoms with Crippen LogP contribution >= 0.6 is 23.1 Å². The highest BCUT2D eigenvalue weighted by atomic mass is 32.2. The number of halogens is 1. The molecule has 11 heteroatoms. The Bertz CT molecular complexity index is 1970. The first-order chi connectivity index (χ1) is 20.0. The van der Waals surface area contributed by atoms with Crippen molar-refractivity contribution in [1.29, 1.82) is 0 Å². The van der Waals surface area contributed by atoms with Crippen LogP contribution < -0.4 is 15.2 Å². The second-order valence-corrected chi connectivity index (χ2v) is 11.6. The molecule has 202 valence electrons. The summed E-state index contributed by atoms with van der Waals surface area (Å²) >= 11 is 2.34. The lowest BCUT2D eigenvalue weighted by Gasteiger charge is -2.31. The van der Waals surface area contributed by atoms with Crippen LogP contribution in [0.5, 0.6) is 0 Å². The lowest BCUT2D eigenvalue weighted by atomic mass is 9.84. The summed E-state index contributed by atoms with van der Waals surface area (Å²) in [5.41, 5.74) is -0.644. The largest absolute Gasteiger partial charge is 0.450 e. The van der Waals surface area contributed by atoms with Crippen molar-refractivity contribution in [3.8, 4) is 0 Å². The summed E-state index contributed by atoms with van der Waals surface area (Å²) in [5.74, 6) is -1.42. The molecule has 0 bridgehead atoms. The van der Waals surface area contributed by atoms with Gasteiger partial charge < -0.3 is 9.32 Å². The Morgan fingerprint density at radius 3 is 2.59 bits per heavy atom. The normalized spacial score (nSPS) is 17.5. The van der Waals surface area contributed by atoms with Crippen LogP contribution in [-0.2, 0) is 16.1 Å². The van der Waals surface area contributed by atoms with Crippen molar-refractivity contribution in [2.45, 2.75) is 15.6 Å². The smallest absolute Gasteiger partial charge is 0.297 e. The zero-order chi connectivity index (χ0) is 28.3. The molecule has 0 aliphatic carbocycles. The minimum Gasteiger partial charge on any atom is -0.450 e. The lowest BCUT2D eigenvalue weighted by Crippen LogP contribution is -2.53. The van der Waals surface area contributed by atoms with Crippen LogP contribution in [0.1, 0.15) is 27.2 Å². The summed E-state index contributed by atoms with van der Waals surface area (Å²) in [6.45, 7) is 3.95. The maximum Gasteiger partial charge on any atom is 0.297 e. The Kier molecular flexibility index (Phi) is 5.87. The first-order valence-electron chi connectivity index (χ1n) is 12.6. The quantitative estimate of drug-likeness (QED) is 0.148. The molecule has 0 saturated heterocycles. The first-order valence-corrected chi connectivity index (χ1v) is 14.4. The molecule has 0 fully saturated rings. The molecule has 1 spiro atoms. The molecular weight excluding hydrogens is 563 g/mol. The predicted octanol–water partition coefficient (Wildman–Crippen LogP) is 5.51. The van der Waals surface area contributed by atoms with E-state index in [1.165, 1.54) is 27.6 Å². The molecule has 0 radical (unpaired) electrons. The average molecular weight is 583 g/mol. The Labute approximate surface area is 240 Å². The van der Waals surface area contributed by atoms with Crippen LogP contribution in [0, 0.1) is 5.82 Å². The van der Waals surface area contributed by atoms with E-state index in [0.717, 1.165) is 11.3 Å². The molecule has 0 N–H and O–H groups in total. The summed E-state index contributed by atoms with van der Waals surface area (Å²) in [5, 5.41) is 8.89. The monoisotopic (exact) mass is 582 g/mol. The molecule has 8 nitrogen and oxygen atoms in total. The number of amides is 2. The third-order valence-electron chi connectivity index (χ3n) is 7.24. The minimum absolute atomic E-state index is 0.0547. The highest BCUT2D eigenvalue weighted by molar-refractivity contribution is 8.00. The number of aromatic nitrogens is 2. The third kappa shape index (κ3) is 3.55. The van der Waals surface area contributed by atoms with Gasteiger partial charge in [-0.2, -0.15) is 0 Å². The number of carbonyl (C=O) groups is 2. The number of benzene rings is 3. The lowest BCUT2D eigenvalue weighted by molar-refractivity contribution is -0.121. The average Bonchev–Trinajstić information content (AvgIpc) is 3.62.